The molecule has 21 heavy (non-hydrogen) atoms. The standard InChI is InChI=1S/C19H29NS/c1-8-20-12-16-17(19(5,6)7)14-11-13(18(2,3)4)9-10-15(14)21-16/h9-11,20H,8,12H2,1-7H3. The van der Waals surface area contributed by atoms with Crippen molar-refractivity contribution in [3.63, 3.8) is 0 Å². The lowest BCUT2D eigenvalue weighted by atomic mass is 9.82. The van der Waals surface area contributed by atoms with Gasteiger partial charge in [0.25, 0.3) is 0 Å². The Balaban J connectivity index is 2.65. The molecule has 0 aliphatic carbocycles. The average Bonchev–Trinajstić information content (AvgIpc) is 2.71. The monoisotopic (exact) mass is 303 g/mol. The van der Waals surface area contributed by atoms with Gasteiger partial charge in [-0.1, -0.05) is 54.5 Å². The summed E-state index contributed by atoms with van der Waals surface area (Å²) in [6.07, 6.45) is 0. The van der Waals surface area contributed by atoms with Crippen LogP contribution < -0.4 is 5.32 Å². The Bertz CT molecular complexity index is 623. The number of fused-ring (bicyclic) bond motifs is 1. The van der Waals surface area contributed by atoms with Crippen LogP contribution >= 0.6 is 11.3 Å². The molecule has 1 N–H and O–H groups in total. The van der Waals surface area contributed by atoms with Gasteiger partial charge in [-0.25, -0.2) is 0 Å². The van der Waals surface area contributed by atoms with E-state index in [1.165, 1.54) is 26.1 Å². The van der Waals surface area contributed by atoms with Crippen LogP contribution in [0, 0.1) is 0 Å². The van der Waals surface area contributed by atoms with Gasteiger partial charge in [-0.15, -0.1) is 11.3 Å². The number of nitrogens with one attached hydrogen (secondary N) is 1. The maximum atomic E-state index is 3.49. The number of rotatable bonds is 3. The zero-order valence-electron chi connectivity index (χ0n) is 14.6. The van der Waals surface area contributed by atoms with Gasteiger partial charge in [0.05, 0.1) is 0 Å². The number of thiophene rings is 1. The van der Waals surface area contributed by atoms with E-state index in [1.807, 2.05) is 11.3 Å². The Labute approximate surface area is 133 Å². The molecule has 116 valence electrons. The summed E-state index contributed by atoms with van der Waals surface area (Å²) < 4.78 is 1.42. The molecule has 2 heteroatoms. The van der Waals surface area contributed by atoms with Crippen molar-refractivity contribution in [3.05, 3.63) is 34.2 Å². The predicted molar refractivity (Wildman–Crippen MR) is 96.6 cm³/mol. The Morgan fingerprint density at radius 3 is 2.19 bits per heavy atom. The van der Waals surface area contributed by atoms with Crippen LogP contribution in [0.15, 0.2) is 18.2 Å². The fourth-order valence-electron chi connectivity index (χ4n) is 2.80. The third-order valence-corrected chi connectivity index (χ3v) is 5.08. The highest BCUT2D eigenvalue weighted by Crippen LogP contribution is 2.40. The van der Waals surface area contributed by atoms with E-state index in [4.69, 9.17) is 0 Å². The average molecular weight is 304 g/mol. The molecule has 0 saturated heterocycles. The molecule has 1 nitrogen and oxygen atoms in total. The molecule has 0 aliphatic heterocycles. The van der Waals surface area contributed by atoms with Crippen molar-refractivity contribution in [3.8, 4) is 0 Å². The van der Waals surface area contributed by atoms with Crippen LogP contribution in [-0.4, -0.2) is 6.54 Å². The van der Waals surface area contributed by atoms with Gasteiger partial charge in [0.2, 0.25) is 0 Å². The van der Waals surface area contributed by atoms with Crippen molar-refractivity contribution in [2.24, 2.45) is 0 Å². The molecule has 0 bridgehead atoms. The Morgan fingerprint density at radius 2 is 1.67 bits per heavy atom. The molecule has 1 aromatic heterocycles. The molecule has 0 aliphatic rings. The van der Waals surface area contributed by atoms with Gasteiger partial charge < -0.3 is 5.32 Å². The van der Waals surface area contributed by atoms with E-state index in [1.54, 1.807) is 0 Å². The molecule has 2 aromatic rings. The summed E-state index contributed by atoms with van der Waals surface area (Å²) in [6, 6.07) is 7.02. The summed E-state index contributed by atoms with van der Waals surface area (Å²) >= 11 is 1.95. The molecule has 1 heterocycles. The first-order valence-corrected chi connectivity index (χ1v) is 8.73. The Kier molecular flexibility index (Phi) is 4.51. The van der Waals surface area contributed by atoms with Gasteiger partial charge in [-0.05, 0) is 46.0 Å². The normalized spacial score (nSPS) is 13.1. The van der Waals surface area contributed by atoms with Gasteiger partial charge in [0, 0.05) is 16.1 Å². The zero-order chi connectivity index (χ0) is 15.8. The van der Waals surface area contributed by atoms with Crippen LogP contribution in [0.25, 0.3) is 10.1 Å². The minimum Gasteiger partial charge on any atom is -0.312 e. The highest BCUT2D eigenvalue weighted by atomic mass is 32.1. The zero-order valence-corrected chi connectivity index (χ0v) is 15.4. The summed E-state index contributed by atoms with van der Waals surface area (Å²) in [5, 5.41) is 4.94. The molecule has 0 unspecified atom stereocenters. The SMILES string of the molecule is CCNCc1sc2ccc(C(C)(C)C)cc2c1C(C)(C)C. The van der Waals surface area contributed by atoms with E-state index in [2.05, 4.69) is 72.0 Å². The van der Waals surface area contributed by atoms with Gasteiger partial charge in [0.1, 0.15) is 0 Å². The highest BCUT2D eigenvalue weighted by molar-refractivity contribution is 7.19. The predicted octanol–water partition coefficient (Wildman–Crippen LogP) is 5.61. The molecule has 0 fully saturated rings. The van der Waals surface area contributed by atoms with Crippen molar-refractivity contribution < 1.29 is 0 Å². The van der Waals surface area contributed by atoms with Crippen molar-refractivity contribution in [2.75, 3.05) is 6.54 Å². The van der Waals surface area contributed by atoms with Gasteiger partial charge in [-0.3, -0.25) is 0 Å². The third kappa shape index (κ3) is 3.49. The summed E-state index contributed by atoms with van der Waals surface area (Å²) in [4.78, 5) is 1.49. The topological polar surface area (TPSA) is 12.0 Å². The quantitative estimate of drug-likeness (QED) is 0.777. The molecular formula is C19H29NS. The summed E-state index contributed by atoms with van der Waals surface area (Å²) in [6.45, 7) is 18.0. The minimum atomic E-state index is 0.180. The molecule has 2 rings (SSSR count). The highest BCUT2D eigenvalue weighted by Gasteiger charge is 2.24. The van der Waals surface area contributed by atoms with E-state index in [-0.39, 0.29) is 10.8 Å². The second-order valence-electron chi connectivity index (χ2n) is 7.89. The van der Waals surface area contributed by atoms with Crippen molar-refractivity contribution in [2.45, 2.75) is 65.8 Å². The Morgan fingerprint density at radius 1 is 1.00 bits per heavy atom. The van der Waals surface area contributed by atoms with E-state index in [0.29, 0.717) is 0 Å². The summed E-state index contributed by atoms with van der Waals surface area (Å²) in [5.41, 5.74) is 3.33. The first kappa shape index (κ1) is 16.5. The summed E-state index contributed by atoms with van der Waals surface area (Å²) in [7, 11) is 0. The molecule has 0 atom stereocenters. The van der Waals surface area contributed by atoms with Crippen LogP contribution in [0.2, 0.25) is 0 Å². The van der Waals surface area contributed by atoms with E-state index < -0.39 is 0 Å². The van der Waals surface area contributed by atoms with Crippen LogP contribution in [0.4, 0.5) is 0 Å². The lowest BCUT2D eigenvalue weighted by Crippen LogP contribution is -2.18. The smallest absolute Gasteiger partial charge is 0.0349 e. The fourth-order valence-corrected chi connectivity index (χ4v) is 4.17. The van der Waals surface area contributed by atoms with Crippen molar-refractivity contribution in [1.29, 1.82) is 0 Å². The number of hydrogen-bond acceptors (Lipinski definition) is 2. The van der Waals surface area contributed by atoms with E-state index in [9.17, 15) is 0 Å². The molecule has 0 spiro atoms. The molecule has 0 amide bonds. The number of hydrogen-bond donors (Lipinski definition) is 1. The van der Waals surface area contributed by atoms with E-state index in [0.717, 1.165) is 13.1 Å². The second kappa shape index (κ2) is 5.73. The lowest BCUT2D eigenvalue weighted by molar-refractivity contribution is 0.582. The van der Waals surface area contributed by atoms with Gasteiger partial charge in [0.15, 0.2) is 0 Å². The minimum absolute atomic E-state index is 0.180. The largest absolute Gasteiger partial charge is 0.312 e. The number of benzene rings is 1. The van der Waals surface area contributed by atoms with E-state index >= 15 is 0 Å². The van der Waals surface area contributed by atoms with Crippen molar-refractivity contribution >= 4 is 21.4 Å². The van der Waals surface area contributed by atoms with Crippen LogP contribution in [0.3, 0.4) is 0 Å². The second-order valence-corrected chi connectivity index (χ2v) is 9.03. The molecule has 0 radical (unpaired) electrons. The summed E-state index contributed by atoms with van der Waals surface area (Å²) in [5.74, 6) is 0. The first-order valence-electron chi connectivity index (χ1n) is 7.91. The molecular weight excluding hydrogens is 274 g/mol. The third-order valence-electron chi connectivity index (χ3n) is 3.91. The molecule has 1 aromatic carbocycles. The van der Waals surface area contributed by atoms with Gasteiger partial charge in [-0.2, -0.15) is 0 Å². The maximum Gasteiger partial charge on any atom is 0.0349 e. The lowest BCUT2D eigenvalue weighted by Gasteiger charge is -2.23. The first-order chi connectivity index (χ1) is 9.64. The maximum absolute atomic E-state index is 3.49. The molecule has 0 saturated carbocycles. The van der Waals surface area contributed by atoms with Crippen LogP contribution in [0.5, 0.6) is 0 Å². The Hall–Kier alpha value is -0.860. The van der Waals surface area contributed by atoms with Crippen LogP contribution in [0.1, 0.15) is 64.5 Å². The van der Waals surface area contributed by atoms with Gasteiger partial charge >= 0.3 is 0 Å². The van der Waals surface area contributed by atoms with Crippen LogP contribution in [-0.2, 0) is 17.4 Å². The fraction of sp³-hybridized carbons (Fsp3) is 0.579. The van der Waals surface area contributed by atoms with Crippen molar-refractivity contribution in [1.82, 2.24) is 5.32 Å².